The molecule has 0 saturated carbocycles. The number of nitrogens with zero attached hydrogens (tertiary/aromatic N) is 1. The van der Waals surface area contributed by atoms with Crippen LogP contribution in [0.25, 0.3) is 0 Å². The van der Waals surface area contributed by atoms with E-state index in [1.54, 1.807) is 0 Å². The van der Waals surface area contributed by atoms with Crippen molar-refractivity contribution in [2.75, 3.05) is 38.7 Å². The van der Waals surface area contributed by atoms with E-state index >= 15 is 0 Å². The molecule has 4 nitrogen and oxygen atoms in total. The van der Waals surface area contributed by atoms with Crippen LogP contribution in [0.15, 0.2) is 18.2 Å². The molecule has 0 spiro atoms. The highest BCUT2D eigenvalue weighted by Crippen LogP contribution is 2.31. The van der Waals surface area contributed by atoms with Gasteiger partial charge in [-0.15, -0.1) is 0 Å². The van der Waals surface area contributed by atoms with Gasteiger partial charge in [0.25, 0.3) is 0 Å². The maximum Gasteiger partial charge on any atom is 0.142 e. The van der Waals surface area contributed by atoms with Gasteiger partial charge in [0, 0.05) is 18.7 Å². The van der Waals surface area contributed by atoms with E-state index in [1.807, 2.05) is 32.0 Å². The smallest absolute Gasteiger partial charge is 0.142 e. The first-order valence-electron chi connectivity index (χ1n) is 7.57. The molecule has 1 fully saturated rings. The SMILES string of the molecule is CCOc1ccc(OCC)c(NC2CCCN(C)C2)c1. The molecule has 1 heterocycles. The maximum absolute atomic E-state index is 5.71. The van der Waals surface area contributed by atoms with Crippen LogP contribution in [-0.4, -0.2) is 44.3 Å². The number of ether oxygens (including phenoxy) is 2. The second kappa shape index (κ2) is 7.39. The molecule has 1 aliphatic heterocycles. The fourth-order valence-corrected chi connectivity index (χ4v) is 2.66. The van der Waals surface area contributed by atoms with Gasteiger partial charge in [-0.2, -0.15) is 0 Å². The van der Waals surface area contributed by atoms with Crippen molar-refractivity contribution in [1.29, 1.82) is 0 Å². The second-order valence-corrected chi connectivity index (χ2v) is 5.27. The zero-order valence-corrected chi connectivity index (χ0v) is 12.8. The molecule has 0 aromatic heterocycles. The van der Waals surface area contributed by atoms with Gasteiger partial charge in [0.05, 0.1) is 18.9 Å². The van der Waals surface area contributed by atoms with E-state index < -0.39 is 0 Å². The van der Waals surface area contributed by atoms with Crippen LogP contribution in [0.4, 0.5) is 5.69 Å². The van der Waals surface area contributed by atoms with E-state index in [0.29, 0.717) is 19.3 Å². The predicted octanol–water partition coefficient (Wildman–Crippen LogP) is 2.99. The first-order chi connectivity index (χ1) is 9.72. The number of hydrogen-bond donors (Lipinski definition) is 1. The third kappa shape index (κ3) is 4.04. The predicted molar refractivity (Wildman–Crippen MR) is 82.9 cm³/mol. The number of piperidine rings is 1. The third-order valence-electron chi connectivity index (χ3n) is 3.55. The molecule has 112 valence electrons. The summed E-state index contributed by atoms with van der Waals surface area (Å²) in [7, 11) is 2.17. The van der Waals surface area contributed by atoms with Crippen LogP contribution in [0.3, 0.4) is 0 Å². The lowest BCUT2D eigenvalue weighted by Crippen LogP contribution is -2.39. The molecule has 1 aliphatic rings. The minimum absolute atomic E-state index is 0.477. The molecule has 20 heavy (non-hydrogen) atoms. The van der Waals surface area contributed by atoms with Crippen molar-refractivity contribution in [3.8, 4) is 11.5 Å². The van der Waals surface area contributed by atoms with Crippen LogP contribution >= 0.6 is 0 Å². The molecule has 0 aliphatic carbocycles. The van der Waals surface area contributed by atoms with Crippen LogP contribution in [0, 0.1) is 0 Å². The van der Waals surface area contributed by atoms with Gasteiger partial charge in [-0.25, -0.2) is 0 Å². The van der Waals surface area contributed by atoms with E-state index in [9.17, 15) is 0 Å². The van der Waals surface area contributed by atoms with Gasteiger partial charge in [-0.1, -0.05) is 0 Å². The van der Waals surface area contributed by atoms with Gasteiger partial charge >= 0.3 is 0 Å². The van der Waals surface area contributed by atoms with Crippen molar-refractivity contribution < 1.29 is 9.47 Å². The van der Waals surface area contributed by atoms with Crippen molar-refractivity contribution >= 4 is 5.69 Å². The molecule has 0 amide bonds. The van der Waals surface area contributed by atoms with E-state index in [2.05, 4.69) is 17.3 Å². The Labute approximate surface area is 122 Å². The summed E-state index contributed by atoms with van der Waals surface area (Å²) in [4.78, 5) is 2.37. The Bertz CT molecular complexity index is 423. The second-order valence-electron chi connectivity index (χ2n) is 5.27. The molecular formula is C16H26N2O2. The van der Waals surface area contributed by atoms with Crippen molar-refractivity contribution in [2.24, 2.45) is 0 Å². The summed E-state index contributed by atoms with van der Waals surface area (Å²) >= 11 is 0. The zero-order valence-electron chi connectivity index (χ0n) is 12.8. The molecule has 4 heteroatoms. The molecular weight excluding hydrogens is 252 g/mol. The zero-order chi connectivity index (χ0) is 14.4. The summed E-state index contributed by atoms with van der Waals surface area (Å²) < 4.78 is 11.3. The number of benzene rings is 1. The molecule has 1 saturated heterocycles. The van der Waals surface area contributed by atoms with Crippen LogP contribution < -0.4 is 14.8 Å². The van der Waals surface area contributed by atoms with E-state index in [0.717, 1.165) is 23.7 Å². The van der Waals surface area contributed by atoms with Gasteiger partial charge in [-0.3, -0.25) is 0 Å². The van der Waals surface area contributed by atoms with Gasteiger partial charge in [0.2, 0.25) is 0 Å². The summed E-state index contributed by atoms with van der Waals surface area (Å²) in [6, 6.07) is 6.48. The quantitative estimate of drug-likeness (QED) is 0.867. The Morgan fingerprint density at radius 3 is 2.75 bits per heavy atom. The lowest BCUT2D eigenvalue weighted by atomic mass is 10.1. The highest BCUT2D eigenvalue weighted by molar-refractivity contribution is 5.60. The molecule has 1 aromatic carbocycles. The first-order valence-corrected chi connectivity index (χ1v) is 7.57. The largest absolute Gasteiger partial charge is 0.494 e. The number of likely N-dealkylation sites (N-methyl/N-ethyl adjacent to an activating group) is 1. The first kappa shape index (κ1) is 15.0. The average Bonchev–Trinajstić information content (AvgIpc) is 2.42. The summed E-state index contributed by atoms with van der Waals surface area (Å²) in [5, 5.41) is 3.62. The molecule has 1 N–H and O–H groups in total. The van der Waals surface area contributed by atoms with Gasteiger partial charge in [-0.05, 0) is 52.4 Å². The van der Waals surface area contributed by atoms with Crippen molar-refractivity contribution in [3.05, 3.63) is 18.2 Å². The van der Waals surface area contributed by atoms with E-state index in [-0.39, 0.29) is 0 Å². The molecule has 1 atom stereocenters. The van der Waals surface area contributed by atoms with Crippen molar-refractivity contribution in [3.63, 3.8) is 0 Å². The molecule has 0 radical (unpaired) electrons. The average molecular weight is 278 g/mol. The summed E-state index contributed by atoms with van der Waals surface area (Å²) in [6.07, 6.45) is 2.44. The maximum atomic E-state index is 5.71. The van der Waals surface area contributed by atoms with Crippen molar-refractivity contribution in [1.82, 2.24) is 4.90 Å². The molecule has 1 unspecified atom stereocenters. The minimum Gasteiger partial charge on any atom is -0.494 e. The highest BCUT2D eigenvalue weighted by Gasteiger charge is 2.18. The number of nitrogens with one attached hydrogen (secondary N) is 1. The minimum atomic E-state index is 0.477. The van der Waals surface area contributed by atoms with Gasteiger partial charge < -0.3 is 19.7 Å². The Morgan fingerprint density at radius 2 is 2.05 bits per heavy atom. The van der Waals surface area contributed by atoms with Crippen LogP contribution in [-0.2, 0) is 0 Å². The van der Waals surface area contributed by atoms with E-state index in [4.69, 9.17) is 9.47 Å². The summed E-state index contributed by atoms with van der Waals surface area (Å²) in [5.41, 5.74) is 1.04. The van der Waals surface area contributed by atoms with Gasteiger partial charge in [0.1, 0.15) is 11.5 Å². The summed E-state index contributed by atoms with van der Waals surface area (Å²) in [5.74, 6) is 1.80. The highest BCUT2D eigenvalue weighted by atomic mass is 16.5. The lowest BCUT2D eigenvalue weighted by Gasteiger charge is -2.31. The molecule has 1 aromatic rings. The van der Waals surface area contributed by atoms with Crippen LogP contribution in [0.1, 0.15) is 26.7 Å². The Morgan fingerprint density at radius 1 is 1.25 bits per heavy atom. The Hall–Kier alpha value is -1.42. The topological polar surface area (TPSA) is 33.7 Å². The number of rotatable bonds is 6. The summed E-state index contributed by atoms with van der Waals surface area (Å²) in [6.45, 7) is 7.63. The fraction of sp³-hybridized carbons (Fsp3) is 0.625. The number of anilines is 1. The Kier molecular flexibility index (Phi) is 5.53. The fourth-order valence-electron chi connectivity index (χ4n) is 2.66. The van der Waals surface area contributed by atoms with Gasteiger partial charge in [0.15, 0.2) is 0 Å². The molecule has 2 rings (SSSR count). The van der Waals surface area contributed by atoms with Crippen molar-refractivity contribution in [2.45, 2.75) is 32.7 Å². The normalized spacial score (nSPS) is 19.6. The lowest BCUT2D eigenvalue weighted by molar-refractivity contribution is 0.260. The third-order valence-corrected chi connectivity index (χ3v) is 3.55. The monoisotopic (exact) mass is 278 g/mol. The Balaban J connectivity index is 2.11. The van der Waals surface area contributed by atoms with Crippen LogP contribution in [0.2, 0.25) is 0 Å². The van der Waals surface area contributed by atoms with E-state index in [1.165, 1.54) is 19.4 Å². The standard InChI is InChI=1S/C16H26N2O2/c1-4-19-14-8-9-16(20-5-2)15(11-14)17-13-7-6-10-18(3)12-13/h8-9,11,13,17H,4-7,10,12H2,1-3H3. The number of hydrogen-bond acceptors (Lipinski definition) is 4. The number of likely N-dealkylation sites (tertiary alicyclic amines) is 1. The van der Waals surface area contributed by atoms with Crippen LogP contribution in [0.5, 0.6) is 11.5 Å². The molecule has 0 bridgehead atoms.